The molecule has 2 aromatic carbocycles. The van der Waals surface area contributed by atoms with Crippen LogP contribution in [0.4, 0.5) is 17.1 Å². The number of nitrogens with one attached hydrogen (secondary N) is 1. The van der Waals surface area contributed by atoms with Crippen LogP contribution in [0.3, 0.4) is 0 Å². The fraction of sp³-hybridized carbons (Fsp3) is 0.316. The molecule has 1 aliphatic heterocycles. The first kappa shape index (κ1) is 18.4. The summed E-state index contributed by atoms with van der Waals surface area (Å²) in [7, 11) is -3.96. The van der Waals surface area contributed by atoms with Crippen molar-refractivity contribution >= 4 is 33.0 Å². The first-order chi connectivity index (χ1) is 13.3. The molecule has 2 aliphatic rings. The van der Waals surface area contributed by atoms with Crippen LogP contribution >= 0.6 is 0 Å². The van der Waals surface area contributed by atoms with Crippen molar-refractivity contribution in [1.82, 2.24) is 0 Å². The number of sulfonamides is 1. The monoisotopic (exact) mass is 401 g/mol. The van der Waals surface area contributed by atoms with Gasteiger partial charge in [-0.15, -0.1) is 0 Å². The van der Waals surface area contributed by atoms with Gasteiger partial charge in [0, 0.05) is 36.0 Å². The molecular formula is C19H19N3O5S. The fourth-order valence-corrected chi connectivity index (χ4v) is 4.51. The third-order valence-electron chi connectivity index (χ3n) is 4.98. The van der Waals surface area contributed by atoms with Crippen LogP contribution in [0.2, 0.25) is 0 Å². The maximum atomic E-state index is 12.6. The molecule has 1 N–H and O–H groups in total. The van der Waals surface area contributed by atoms with E-state index in [4.69, 9.17) is 0 Å². The Balaban J connectivity index is 1.59. The fourth-order valence-electron chi connectivity index (χ4n) is 3.42. The smallest absolute Gasteiger partial charge is 0.270 e. The lowest BCUT2D eigenvalue weighted by atomic mass is 10.0. The van der Waals surface area contributed by atoms with E-state index in [9.17, 15) is 23.3 Å². The van der Waals surface area contributed by atoms with E-state index < -0.39 is 14.9 Å². The van der Waals surface area contributed by atoms with Gasteiger partial charge in [0.1, 0.15) is 0 Å². The van der Waals surface area contributed by atoms with E-state index in [-0.39, 0.29) is 22.4 Å². The number of nitro groups is 1. The number of benzene rings is 2. The Morgan fingerprint density at radius 1 is 1.18 bits per heavy atom. The number of hydrogen-bond donors (Lipinski definition) is 1. The minimum Gasteiger partial charge on any atom is -0.312 e. The molecule has 1 fully saturated rings. The van der Waals surface area contributed by atoms with Crippen molar-refractivity contribution in [2.24, 2.45) is 5.92 Å². The van der Waals surface area contributed by atoms with Gasteiger partial charge < -0.3 is 4.90 Å². The lowest BCUT2D eigenvalue weighted by Crippen LogP contribution is -2.36. The summed E-state index contributed by atoms with van der Waals surface area (Å²) in [5.41, 5.74) is 1.83. The van der Waals surface area contributed by atoms with Gasteiger partial charge in [0.25, 0.3) is 15.7 Å². The number of hydrogen-bond acceptors (Lipinski definition) is 5. The summed E-state index contributed by atoms with van der Waals surface area (Å²) < 4.78 is 27.7. The van der Waals surface area contributed by atoms with Gasteiger partial charge in [-0.05, 0) is 55.5 Å². The zero-order valence-electron chi connectivity index (χ0n) is 15.0. The molecule has 9 heteroatoms. The molecule has 1 saturated carbocycles. The van der Waals surface area contributed by atoms with Gasteiger partial charge in [-0.25, -0.2) is 8.42 Å². The predicted octanol–water partition coefficient (Wildman–Crippen LogP) is 3.08. The maximum Gasteiger partial charge on any atom is 0.270 e. The summed E-state index contributed by atoms with van der Waals surface area (Å²) in [6, 6.07) is 10.0. The number of nitro benzene ring substituents is 1. The Hall–Kier alpha value is -2.94. The van der Waals surface area contributed by atoms with Crippen molar-refractivity contribution < 1.29 is 18.1 Å². The highest BCUT2D eigenvalue weighted by Crippen LogP contribution is 2.37. The second kappa shape index (κ2) is 6.90. The van der Waals surface area contributed by atoms with Crippen molar-refractivity contribution in [2.75, 3.05) is 16.2 Å². The van der Waals surface area contributed by atoms with E-state index in [1.54, 1.807) is 23.1 Å². The molecule has 1 amide bonds. The lowest BCUT2D eigenvalue weighted by Gasteiger charge is -2.30. The molecule has 0 saturated heterocycles. The van der Waals surface area contributed by atoms with Gasteiger partial charge in [-0.3, -0.25) is 19.6 Å². The molecule has 0 atom stereocenters. The summed E-state index contributed by atoms with van der Waals surface area (Å²) >= 11 is 0. The quantitative estimate of drug-likeness (QED) is 0.612. The van der Waals surface area contributed by atoms with Crippen LogP contribution in [0.1, 0.15) is 24.8 Å². The van der Waals surface area contributed by atoms with E-state index in [1.165, 1.54) is 18.2 Å². The molecule has 0 bridgehead atoms. The molecule has 28 heavy (non-hydrogen) atoms. The van der Waals surface area contributed by atoms with Gasteiger partial charge >= 0.3 is 0 Å². The number of fused-ring (bicyclic) bond motifs is 1. The van der Waals surface area contributed by atoms with E-state index in [0.29, 0.717) is 12.2 Å². The highest BCUT2D eigenvalue weighted by molar-refractivity contribution is 7.92. The summed E-state index contributed by atoms with van der Waals surface area (Å²) in [5, 5.41) is 10.9. The second-order valence-electron chi connectivity index (χ2n) is 7.07. The van der Waals surface area contributed by atoms with Crippen molar-refractivity contribution in [1.29, 1.82) is 0 Å². The Labute approximate surface area is 162 Å². The number of anilines is 2. The molecule has 146 valence electrons. The van der Waals surface area contributed by atoms with E-state index >= 15 is 0 Å². The van der Waals surface area contributed by atoms with Crippen LogP contribution in [0.5, 0.6) is 0 Å². The van der Waals surface area contributed by atoms with Gasteiger partial charge in [0.05, 0.1) is 9.82 Å². The molecule has 1 aliphatic carbocycles. The number of carbonyl (C=O) groups excluding carboxylic acids is 1. The molecule has 2 aromatic rings. The minimum atomic E-state index is -3.96. The Morgan fingerprint density at radius 2 is 1.96 bits per heavy atom. The van der Waals surface area contributed by atoms with E-state index in [2.05, 4.69) is 4.72 Å². The van der Waals surface area contributed by atoms with Gasteiger partial charge in [-0.1, -0.05) is 6.07 Å². The standard InChI is InChI=1S/C19H19N3O5S/c23-19(13-6-7-13)21-10-2-3-14-11-15(8-9-18(14)21)20-28(26,27)17-5-1-4-16(12-17)22(24)25/h1,4-5,8-9,11-13,20H,2-3,6-7,10H2. The molecule has 0 radical (unpaired) electrons. The summed E-state index contributed by atoms with van der Waals surface area (Å²) in [5.74, 6) is 0.267. The van der Waals surface area contributed by atoms with Crippen LogP contribution < -0.4 is 9.62 Å². The van der Waals surface area contributed by atoms with Crippen LogP contribution in [0, 0.1) is 16.0 Å². The van der Waals surface area contributed by atoms with Crippen LogP contribution in [0.25, 0.3) is 0 Å². The number of amides is 1. The Morgan fingerprint density at radius 3 is 2.68 bits per heavy atom. The predicted molar refractivity (Wildman–Crippen MR) is 104 cm³/mol. The SMILES string of the molecule is O=C(C1CC1)N1CCCc2cc(NS(=O)(=O)c3cccc([N+](=O)[O-])c3)ccc21. The van der Waals surface area contributed by atoms with Crippen LogP contribution in [-0.2, 0) is 21.2 Å². The molecule has 1 heterocycles. The molecule has 0 aromatic heterocycles. The first-order valence-corrected chi connectivity index (χ1v) is 10.5. The Kier molecular flexibility index (Phi) is 4.54. The maximum absolute atomic E-state index is 12.6. The van der Waals surface area contributed by atoms with Gasteiger partial charge in [0.2, 0.25) is 5.91 Å². The lowest BCUT2D eigenvalue weighted by molar-refractivity contribution is -0.385. The van der Waals surface area contributed by atoms with Crippen molar-refractivity contribution in [3.05, 3.63) is 58.1 Å². The van der Waals surface area contributed by atoms with Gasteiger partial charge in [-0.2, -0.15) is 0 Å². The second-order valence-corrected chi connectivity index (χ2v) is 8.75. The van der Waals surface area contributed by atoms with E-state index in [0.717, 1.165) is 43.0 Å². The van der Waals surface area contributed by atoms with Crippen LogP contribution in [-0.4, -0.2) is 25.8 Å². The number of aryl methyl sites for hydroxylation is 1. The topological polar surface area (TPSA) is 110 Å². The largest absolute Gasteiger partial charge is 0.312 e. The third kappa shape index (κ3) is 3.57. The molecule has 0 spiro atoms. The summed E-state index contributed by atoms with van der Waals surface area (Å²) in [6.45, 7) is 0.682. The molecule has 4 rings (SSSR count). The van der Waals surface area contributed by atoms with Crippen molar-refractivity contribution in [3.8, 4) is 0 Å². The highest BCUT2D eigenvalue weighted by atomic mass is 32.2. The van der Waals surface area contributed by atoms with E-state index in [1.807, 2.05) is 0 Å². The number of non-ortho nitro benzene ring substituents is 1. The normalized spacial score (nSPS) is 16.4. The number of carbonyl (C=O) groups is 1. The average molecular weight is 401 g/mol. The van der Waals surface area contributed by atoms with Crippen molar-refractivity contribution in [2.45, 2.75) is 30.6 Å². The Bertz CT molecular complexity index is 1060. The average Bonchev–Trinajstić information content (AvgIpc) is 3.52. The highest BCUT2D eigenvalue weighted by Gasteiger charge is 2.35. The zero-order valence-corrected chi connectivity index (χ0v) is 15.8. The summed E-state index contributed by atoms with van der Waals surface area (Å²) in [6.07, 6.45) is 3.46. The number of rotatable bonds is 5. The summed E-state index contributed by atoms with van der Waals surface area (Å²) in [4.78, 5) is 24.4. The minimum absolute atomic E-state index is 0.123. The number of nitrogens with zero attached hydrogens (tertiary/aromatic N) is 2. The third-order valence-corrected chi connectivity index (χ3v) is 6.36. The van der Waals surface area contributed by atoms with Gasteiger partial charge in [0.15, 0.2) is 0 Å². The molecule has 0 unspecified atom stereocenters. The zero-order chi connectivity index (χ0) is 19.9. The van der Waals surface area contributed by atoms with Crippen LogP contribution in [0.15, 0.2) is 47.4 Å². The molecular weight excluding hydrogens is 382 g/mol. The van der Waals surface area contributed by atoms with Crippen molar-refractivity contribution in [3.63, 3.8) is 0 Å². The molecule has 8 nitrogen and oxygen atoms in total. The first-order valence-electron chi connectivity index (χ1n) is 9.07.